The number of nitrogens with one attached hydrogen (secondary N) is 1. The van der Waals surface area contributed by atoms with Crippen molar-refractivity contribution in [2.75, 3.05) is 5.32 Å². The van der Waals surface area contributed by atoms with Gasteiger partial charge in [0, 0.05) is 4.88 Å². The van der Waals surface area contributed by atoms with Crippen LogP contribution in [0.2, 0.25) is 4.34 Å². The second-order valence-corrected chi connectivity index (χ2v) is 6.41. The Morgan fingerprint density at radius 2 is 2.11 bits per heavy atom. The van der Waals surface area contributed by atoms with Gasteiger partial charge in [-0.25, -0.2) is 8.78 Å². The molecule has 100 valence electrons. The number of thiophene rings is 1. The van der Waals surface area contributed by atoms with Crippen LogP contribution in [0, 0.1) is 11.6 Å². The molecule has 0 bridgehead atoms. The highest BCUT2D eigenvalue weighted by atomic mass is 35.5. The zero-order valence-electron chi connectivity index (χ0n) is 10.1. The highest BCUT2D eigenvalue weighted by Gasteiger charge is 2.23. The third kappa shape index (κ3) is 2.60. The molecule has 1 aliphatic carbocycles. The van der Waals surface area contributed by atoms with Gasteiger partial charge in [-0.3, -0.25) is 0 Å². The maximum absolute atomic E-state index is 13.7. The molecule has 1 N–H and O–H groups in total. The first-order chi connectivity index (χ1) is 9.13. The van der Waals surface area contributed by atoms with Gasteiger partial charge in [0.15, 0.2) is 0 Å². The molecule has 1 aromatic heterocycles. The van der Waals surface area contributed by atoms with E-state index in [-0.39, 0.29) is 11.7 Å². The second-order valence-electron chi connectivity index (χ2n) is 4.64. The van der Waals surface area contributed by atoms with Crippen LogP contribution in [0.1, 0.15) is 29.3 Å². The minimum atomic E-state index is -0.441. The number of halogens is 3. The summed E-state index contributed by atoms with van der Waals surface area (Å²) in [7, 11) is 0. The van der Waals surface area contributed by atoms with E-state index in [1.807, 2.05) is 6.07 Å². The van der Waals surface area contributed by atoms with E-state index in [1.54, 1.807) is 11.3 Å². The standard InChI is InChI=1S/C14H12ClF2NS/c15-14-7-9-11(2-1-3-13(9)19-14)18-12-6-8(16)4-5-10(12)17/h4-7,11,18H,1-3H2. The summed E-state index contributed by atoms with van der Waals surface area (Å²) >= 11 is 7.60. The molecule has 0 spiro atoms. The molecule has 1 aliphatic rings. The van der Waals surface area contributed by atoms with E-state index < -0.39 is 11.6 Å². The van der Waals surface area contributed by atoms with Crippen molar-refractivity contribution in [2.45, 2.75) is 25.3 Å². The van der Waals surface area contributed by atoms with E-state index in [4.69, 9.17) is 11.6 Å². The molecule has 1 heterocycles. The first-order valence-corrected chi connectivity index (χ1v) is 7.32. The summed E-state index contributed by atoms with van der Waals surface area (Å²) in [4.78, 5) is 1.24. The first-order valence-electron chi connectivity index (χ1n) is 6.13. The molecule has 0 aliphatic heterocycles. The van der Waals surface area contributed by atoms with Gasteiger partial charge < -0.3 is 5.32 Å². The molecule has 1 aromatic carbocycles. The van der Waals surface area contributed by atoms with Crippen molar-refractivity contribution in [3.63, 3.8) is 0 Å². The fraction of sp³-hybridized carbons (Fsp3) is 0.286. The number of hydrogen-bond acceptors (Lipinski definition) is 2. The quantitative estimate of drug-likeness (QED) is 0.806. The predicted molar refractivity (Wildman–Crippen MR) is 75.0 cm³/mol. The van der Waals surface area contributed by atoms with Gasteiger partial charge in [-0.2, -0.15) is 0 Å². The summed E-state index contributed by atoms with van der Waals surface area (Å²) in [5.74, 6) is -0.877. The lowest BCUT2D eigenvalue weighted by Gasteiger charge is -2.24. The number of benzene rings is 1. The Bertz CT molecular complexity index is 611. The van der Waals surface area contributed by atoms with Crippen LogP contribution in [0.15, 0.2) is 24.3 Å². The van der Waals surface area contributed by atoms with Crippen molar-refractivity contribution in [2.24, 2.45) is 0 Å². The van der Waals surface area contributed by atoms with Crippen LogP contribution in [0.3, 0.4) is 0 Å². The molecule has 1 unspecified atom stereocenters. The van der Waals surface area contributed by atoms with Crippen LogP contribution in [0.4, 0.5) is 14.5 Å². The van der Waals surface area contributed by atoms with Crippen LogP contribution >= 0.6 is 22.9 Å². The molecule has 0 amide bonds. The monoisotopic (exact) mass is 299 g/mol. The van der Waals surface area contributed by atoms with E-state index in [0.717, 1.165) is 41.3 Å². The fourth-order valence-electron chi connectivity index (χ4n) is 2.47. The topological polar surface area (TPSA) is 12.0 Å². The summed E-state index contributed by atoms with van der Waals surface area (Å²) in [6.07, 6.45) is 2.94. The lowest BCUT2D eigenvalue weighted by Crippen LogP contribution is -2.16. The smallest absolute Gasteiger partial charge is 0.146 e. The fourth-order valence-corrected chi connectivity index (χ4v) is 3.85. The Balaban J connectivity index is 1.90. The molecule has 1 atom stereocenters. The summed E-state index contributed by atoms with van der Waals surface area (Å²) in [6.45, 7) is 0. The molecular formula is C14H12ClF2NS. The maximum Gasteiger partial charge on any atom is 0.146 e. The van der Waals surface area contributed by atoms with Crippen molar-refractivity contribution in [3.8, 4) is 0 Å². The minimum absolute atomic E-state index is 0.00352. The van der Waals surface area contributed by atoms with Crippen molar-refractivity contribution >= 4 is 28.6 Å². The predicted octanol–water partition coefficient (Wildman–Crippen LogP) is 5.17. The van der Waals surface area contributed by atoms with Crippen LogP contribution in [0.5, 0.6) is 0 Å². The van der Waals surface area contributed by atoms with E-state index in [0.29, 0.717) is 0 Å². The number of aryl methyl sites for hydroxylation is 1. The van der Waals surface area contributed by atoms with Gasteiger partial charge in [-0.1, -0.05) is 11.6 Å². The average Bonchev–Trinajstić information content (AvgIpc) is 2.75. The molecule has 0 fully saturated rings. The zero-order chi connectivity index (χ0) is 13.4. The Morgan fingerprint density at radius 1 is 1.26 bits per heavy atom. The molecule has 0 radical (unpaired) electrons. The van der Waals surface area contributed by atoms with Crippen LogP contribution in [0.25, 0.3) is 0 Å². The van der Waals surface area contributed by atoms with Crippen molar-refractivity contribution in [1.82, 2.24) is 0 Å². The summed E-state index contributed by atoms with van der Waals surface area (Å²) < 4.78 is 27.6. The van der Waals surface area contributed by atoms with Gasteiger partial charge in [0.1, 0.15) is 11.6 Å². The van der Waals surface area contributed by atoms with Crippen LogP contribution in [-0.2, 0) is 6.42 Å². The van der Waals surface area contributed by atoms with E-state index >= 15 is 0 Å². The van der Waals surface area contributed by atoms with E-state index in [2.05, 4.69) is 5.32 Å². The zero-order valence-corrected chi connectivity index (χ0v) is 11.6. The molecule has 0 saturated heterocycles. The SMILES string of the molecule is Fc1ccc(F)c(NC2CCCc3sc(Cl)cc32)c1. The van der Waals surface area contributed by atoms with E-state index in [1.165, 1.54) is 10.9 Å². The summed E-state index contributed by atoms with van der Waals surface area (Å²) in [5.41, 5.74) is 1.32. The Kier molecular flexibility index (Phi) is 3.46. The lowest BCUT2D eigenvalue weighted by atomic mass is 9.94. The number of fused-ring (bicyclic) bond motifs is 1. The minimum Gasteiger partial charge on any atom is -0.376 e. The highest BCUT2D eigenvalue weighted by Crippen LogP contribution is 2.39. The molecule has 0 saturated carbocycles. The average molecular weight is 300 g/mol. The van der Waals surface area contributed by atoms with Gasteiger partial charge in [-0.15, -0.1) is 11.3 Å². The lowest BCUT2D eigenvalue weighted by molar-refractivity contribution is 0.582. The number of rotatable bonds is 2. The van der Waals surface area contributed by atoms with Gasteiger partial charge in [-0.05, 0) is 49.1 Å². The van der Waals surface area contributed by atoms with Crippen molar-refractivity contribution in [3.05, 3.63) is 50.7 Å². The Hall–Kier alpha value is -1.13. The molecule has 2 aromatic rings. The first kappa shape index (κ1) is 12.9. The largest absolute Gasteiger partial charge is 0.376 e. The molecule has 5 heteroatoms. The number of hydrogen-bond donors (Lipinski definition) is 1. The third-order valence-corrected chi connectivity index (χ3v) is 4.68. The van der Waals surface area contributed by atoms with Gasteiger partial charge >= 0.3 is 0 Å². The van der Waals surface area contributed by atoms with Gasteiger partial charge in [0.25, 0.3) is 0 Å². The summed E-state index contributed by atoms with van der Waals surface area (Å²) in [5, 5.41) is 3.09. The highest BCUT2D eigenvalue weighted by molar-refractivity contribution is 7.16. The summed E-state index contributed by atoms with van der Waals surface area (Å²) in [6, 6.07) is 5.38. The Labute approximate surface area is 119 Å². The van der Waals surface area contributed by atoms with Gasteiger partial charge in [0.05, 0.1) is 16.1 Å². The van der Waals surface area contributed by atoms with Crippen molar-refractivity contribution < 1.29 is 8.78 Å². The molecule has 19 heavy (non-hydrogen) atoms. The van der Waals surface area contributed by atoms with Crippen molar-refractivity contribution in [1.29, 1.82) is 0 Å². The van der Waals surface area contributed by atoms with E-state index in [9.17, 15) is 8.78 Å². The third-order valence-electron chi connectivity index (χ3n) is 3.34. The van der Waals surface area contributed by atoms with Gasteiger partial charge in [0.2, 0.25) is 0 Å². The van der Waals surface area contributed by atoms with Crippen LogP contribution < -0.4 is 5.32 Å². The molecule has 3 rings (SSSR count). The molecular weight excluding hydrogens is 288 g/mol. The molecule has 1 nitrogen and oxygen atoms in total. The number of anilines is 1. The Morgan fingerprint density at radius 3 is 2.95 bits per heavy atom. The normalized spacial score (nSPS) is 18.2. The second kappa shape index (κ2) is 5.10. The van der Waals surface area contributed by atoms with Crippen LogP contribution in [-0.4, -0.2) is 0 Å². The maximum atomic E-state index is 13.7.